The van der Waals surface area contributed by atoms with Gasteiger partial charge in [0.2, 0.25) is 10.0 Å². The molecule has 0 aliphatic heterocycles. The molecule has 2 aromatic rings. The molecule has 0 saturated carbocycles. The molecule has 0 spiro atoms. The van der Waals surface area contributed by atoms with Crippen molar-refractivity contribution >= 4 is 27.6 Å². The Hall–Kier alpha value is -2.98. The highest BCUT2D eigenvalue weighted by molar-refractivity contribution is 7.89. The smallest absolute Gasteiger partial charge is 0.295 e. The van der Waals surface area contributed by atoms with Crippen LogP contribution in [0.3, 0.4) is 0 Å². The normalized spacial score (nSPS) is 11.7. The zero-order valence-corrected chi connectivity index (χ0v) is 17.3. The van der Waals surface area contributed by atoms with Crippen LogP contribution in [0.15, 0.2) is 52.5 Å². The number of nitrogens with zero attached hydrogens (tertiary/aromatic N) is 3. The summed E-state index contributed by atoms with van der Waals surface area (Å²) in [5.74, 6) is 0.635. The Morgan fingerprint density at radius 2 is 1.86 bits per heavy atom. The van der Waals surface area contributed by atoms with Crippen molar-refractivity contribution < 1.29 is 18.1 Å². The van der Waals surface area contributed by atoms with Crippen LogP contribution in [-0.2, 0) is 10.0 Å². The lowest BCUT2D eigenvalue weighted by Gasteiger charge is -2.18. The summed E-state index contributed by atoms with van der Waals surface area (Å²) >= 11 is 0. The molecule has 2 rings (SSSR count). The fourth-order valence-electron chi connectivity index (χ4n) is 2.68. The topological polar surface area (TPSA) is 114 Å². The monoisotopic (exact) mass is 420 g/mol. The van der Waals surface area contributed by atoms with E-state index in [0.717, 1.165) is 6.07 Å². The van der Waals surface area contributed by atoms with Crippen LogP contribution >= 0.6 is 0 Å². The van der Waals surface area contributed by atoms with E-state index in [1.807, 2.05) is 19.1 Å². The van der Waals surface area contributed by atoms with Gasteiger partial charge < -0.3 is 4.74 Å². The van der Waals surface area contributed by atoms with E-state index < -0.39 is 14.9 Å². The van der Waals surface area contributed by atoms with Gasteiger partial charge in [-0.05, 0) is 31.2 Å². The quantitative estimate of drug-likeness (QED) is 0.358. The molecule has 0 heterocycles. The van der Waals surface area contributed by atoms with E-state index >= 15 is 0 Å². The first kappa shape index (κ1) is 22.3. The summed E-state index contributed by atoms with van der Waals surface area (Å²) in [6.45, 7) is 6.32. The summed E-state index contributed by atoms with van der Waals surface area (Å²) in [5.41, 5.74) is 3.01. The van der Waals surface area contributed by atoms with Crippen LogP contribution in [0.25, 0.3) is 0 Å². The minimum atomic E-state index is -3.80. The standard InChI is InChI=1S/C19H24N4O5S/c1-4-22(5-2)29(26,27)16-11-12-17(18(13-16)23(24)25)21-20-14-15-9-7-8-10-19(15)28-6-3/h7-14,21H,4-6H2,1-3H3/b20-14-. The molecular formula is C19H24N4O5S. The third-order valence-electron chi connectivity index (χ3n) is 4.12. The van der Waals surface area contributed by atoms with Gasteiger partial charge in [-0.25, -0.2) is 8.42 Å². The molecule has 0 radical (unpaired) electrons. The Labute approximate surface area is 170 Å². The van der Waals surface area contributed by atoms with E-state index in [1.54, 1.807) is 26.0 Å². The zero-order valence-electron chi connectivity index (χ0n) is 16.5. The van der Waals surface area contributed by atoms with Crippen molar-refractivity contribution in [1.29, 1.82) is 0 Å². The number of benzene rings is 2. The number of rotatable bonds is 10. The van der Waals surface area contributed by atoms with Crippen molar-refractivity contribution in [2.24, 2.45) is 5.10 Å². The molecule has 156 valence electrons. The highest BCUT2D eigenvalue weighted by Gasteiger charge is 2.25. The maximum Gasteiger partial charge on any atom is 0.295 e. The SMILES string of the molecule is CCOc1ccccc1/C=N\Nc1ccc(S(=O)(=O)N(CC)CC)cc1[N+](=O)[O-]. The number of nitro benzene ring substituents is 1. The van der Waals surface area contributed by atoms with Crippen molar-refractivity contribution in [2.75, 3.05) is 25.1 Å². The van der Waals surface area contributed by atoms with Crippen molar-refractivity contribution in [3.8, 4) is 5.75 Å². The number of hydrazone groups is 1. The molecule has 9 nitrogen and oxygen atoms in total. The average Bonchev–Trinajstić information content (AvgIpc) is 2.70. The molecule has 0 amide bonds. The number of para-hydroxylation sites is 1. The third kappa shape index (κ3) is 5.30. The number of nitro groups is 1. The number of anilines is 1. The van der Waals surface area contributed by atoms with Crippen LogP contribution in [0, 0.1) is 10.1 Å². The summed E-state index contributed by atoms with van der Waals surface area (Å²) in [6, 6.07) is 10.9. The van der Waals surface area contributed by atoms with E-state index in [1.165, 1.54) is 22.7 Å². The van der Waals surface area contributed by atoms with Gasteiger partial charge in [-0.15, -0.1) is 0 Å². The van der Waals surface area contributed by atoms with Gasteiger partial charge in [0, 0.05) is 24.7 Å². The highest BCUT2D eigenvalue weighted by Crippen LogP contribution is 2.29. The Balaban J connectivity index is 2.32. The lowest BCUT2D eigenvalue weighted by atomic mass is 10.2. The van der Waals surface area contributed by atoms with Crippen molar-refractivity contribution in [3.63, 3.8) is 0 Å². The first-order chi connectivity index (χ1) is 13.8. The number of ether oxygens (including phenoxy) is 1. The van der Waals surface area contributed by atoms with E-state index in [-0.39, 0.29) is 29.4 Å². The largest absolute Gasteiger partial charge is 0.493 e. The first-order valence-corrected chi connectivity index (χ1v) is 10.6. The van der Waals surface area contributed by atoms with Crippen LogP contribution < -0.4 is 10.2 Å². The number of sulfonamides is 1. The molecule has 10 heteroatoms. The van der Waals surface area contributed by atoms with Gasteiger partial charge in [0.25, 0.3) is 5.69 Å². The summed E-state index contributed by atoms with van der Waals surface area (Å²) in [7, 11) is -3.80. The van der Waals surface area contributed by atoms with Gasteiger partial charge in [0.05, 0.1) is 22.6 Å². The van der Waals surface area contributed by atoms with Gasteiger partial charge >= 0.3 is 0 Å². The Kier molecular flexibility index (Phi) is 7.68. The molecule has 2 aromatic carbocycles. The van der Waals surface area contributed by atoms with Crippen molar-refractivity contribution in [1.82, 2.24) is 4.31 Å². The Morgan fingerprint density at radius 3 is 2.48 bits per heavy atom. The molecule has 0 aliphatic carbocycles. The fraction of sp³-hybridized carbons (Fsp3) is 0.316. The summed E-state index contributed by atoms with van der Waals surface area (Å²) in [5, 5.41) is 15.5. The summed E-state index contributed by atoms with van der Waals surface area (Å²) in [4.78, 5) is 10.7. The zero-order chi connectivity index (χ0) is 21.4. The summed E-state index contributed by atoms with van der Waals surface area (Å²) < 4.78 is 32.0. The molecule has 0 aromatic heterocycles. The molecule has 0 unspecified atom stereocenters. The molecule has 0 bridgehead atoms. The molecular weight excluding hydrogens is 396 g/mol. The van der Waals surface area contributed by atoms with Crippen LogP contribution in [0.5, 0.6) is 5.75 Å². The number of hydrogen-bond acceptors (Lipinski definition) is 7. The second-order valence-electron chi connectivity index (χ2n) is 5.87. The van der Waals surface area contributed by atoms with Gasteiger partial charge in [0.1, 0.15) is 11.4 Å². The van der Waals surface area contributed by atoms with Gasteiger partial charge in [-0.3, -0.25) is 15.5 Å². The average molecular weight is 420 g/mol. The van der Waals surface area contributed by atoms with Crippen molar-refractivity contribution in [3.05, 3.63) is 58.1 Å². The van der Waals surface area contributed by atoms with Crippen LogP contribution in [0.1, 0.15) is 26.3 Å². The molecule has 1 N–H and O–H groups in total. The number of nitrogens with one attached hydrogen (secondary N) is 1. The molecule has 0 fully saturated rings. The van der Waals surface area contributed by atoms with E-state index in [4.69, 9.17) is 4.74 Å². The van der Waals surface area contributed by atoms with Gasteiger partial charge in [0.15, 0.2) is 0 Å². The molecule has 29 heavy (non-hydrogen) atoms. The lowest BCUT2D eigenvalue weighted by Crippen LogP contribution is -2.30. The molecule has 0 saturated heterocycles. The van der Waals surface area contributed by atoms with Crippen LogP contribution in [0.2, 0.25) is 0 Å². The Morgan fingerprint density at radius 1 is 1.17 bits per heavy atom. The van der Waals surface area contributed by atoms with Crippen molar-refractivity contribution in [2.45, 2.75) is 25.7 Å². The van der Waals surface area contributed by atoms with Gasteiger partial charge in [-0.2, -0.15) is 9.41 Å². The van der Waals surface area contributed by atoms with E-state index in [9.17, 15) is 18.5 Å². The predicted molar refractivity (Wildman–Crippen MR) is 112 cm³/mol. The van der Waals surface area contributed by atoms with E-state index in [0.29, 0.717) is 17.9 Å². The van der Waals surface area contributed by atoms with Gasteiger partial charge in [-0.1, -0.05) is 26.0 Å². The minimum Gasteiger partial charge on any atom is -0.493 e. The molecule has 0 aliphatic rings. The Bertz CT molecular complexity index is 988. The predicted octanol–water partition coefficient (Wildman–Crippen LogP) is 3.47. The summed E-state index contributed by atoms with van der Waals surface area (Å²) in [6.07, 6.45) is 1.48. The van der Waals surface area contributed by atoms with Crippen LogP contribution in [-0.4, -0.2) is 43.6 Å². The second kappa shape index (κ2) is 9.99. The second-order valence-corrected chi connectivity index (χ2v) is 7.80. The highest BCUT2D eigenvalue weighted by atomic mass is 32.2. The van der Waals surface area contributed by atoms with Crippen LogP contribution in [0.4, 0.5) is 11.4 Å². The fourth-order valence-corrected chi connectivity index (χ4v) is 4.15. The maximum atomic E-state index is 12.6. The molecule has 0 atom stereocenters. The van der Waals surface area contributed by atoms with E-state index in [2.05, 4.69) is 10.5 Å². The third-order valence-corrected chi connectivity index (χ3v) is 6.16. The first-order valence-electron chi connectivity index (χ1n) is 9.14. The lowest BCUT2D eigenvalue weighted by molar-refractivity contribution is -0.384. The minimum absolute atomic E-state index is 0.0821. The number of hydrogen-bond donors (Lipinski definition) is 1. The maximum absolute atomic E-state index is 12.6.